The zero-order valence-electron chi connectivity index (χ0n) is 20.6. The van der Waals surface area contributed by atoms with Crippen molar-refractivity contribution >= 4 is 63.0 Å². The van der Waals surface area contributed by atoms with Crippen LogP contribution in [0.2, 0.25) is 5.02 Å². The molecule has 0 atom stereocenters. The summed E-state index contributed by atoms with van der Waals surface area (Å²) >= 11 is 9.79. The summed E-state index contributed by atoms with van der Waals surface area (Å²) in [5, 5.41) is 18.6. The lowest BCUT2D eigenvalue weighted by Crippen LogP contribution is -2.37. The van der Waals surface area contributed by atoms with E-state index in [0.717, 1.165) is 15.7 Å². The predicted octanol–water partition coefficient (Wildman–Crippen LogP) is 5.79. The minimum Gasteiger partial charge on any atom is -0.455 e. The Kier molecular flexibility index (Phi) is 8.00. The number of morpholine rings is 1. The second-order valence-corrected chi connectivity index (χ2v) is 9.75. The summed E-state index contributed by atoms with van der Waals surface area (Å²) in [6.45, 7) is 4.48. The molecule has 12 nitrogen and oxygen atoms in total. The van der Waals surface area contributed by atoms with E-state index < -0.39 is 4.92 Å². The van der Waals surface area contributed by atoms with E-state index in [9.17, 15) is 10.1 Å². The van der Waals surface area contributed by atoms with E-state index in [-0.39, 0.29) is 16.7 Å². The van der Waals surface area contributed by atoms with Crippen molar-refractivity contribution in [3.63, 3.8) is 0 Å². The number of nitro benzene ring substituents is 1. The average molecular weight is 614 g/mol. The smallest absolute Gasteiger partial charge is 0.270 e. The number of aromatic nitrogens is 3. The van der Waals surface area contributed by atoms with Gasteiger partial charge in [0.25, 0.3) is 5.69 Å². The van der Waals surface area contributed by atoms with Gasteiger partial charge in [-0.15, -0.1) is 0 Å². The molecule has 2 aromatic carbocycles. The van der Waals surface area contributed by atoms with Crippen LogP contribution in [0, 0.1) is 17.0 Å². The van der Waals surface area contributed by atoms with Crippen LogP contribution < -0.4 is 15.6 Å². The second kappa shape index (κ2) is 11.8. The van der Waals surface area contributed by atoms with E-state index >= 15 is 0 Å². The van der Waals surface area contributed by atoms with Crippen LogP contribution in [-0.2, 0) is 4.74 Å². The summed E-state index contributed by atoms with van der Waals surface area (Å²) in [6.07, 6.45) is 1.46. The van der Waals surface area contributed by atoms with Crippen molar-refractivity contribution in [1.29, 1.82) is 0 Å². The van der Waals surface area contributed by atoms with Crippen molar-refractivity contribution in [2.24, 2.45) is 5.10 Å². The summed E-state index contributed by atoms with van der Waals surface area (Å²) in [4.78, 5) is 26.1. The fourth-order valence-electron chi connectivity index (χ4n) is 3.76. The number of non-ortho nitro benzene ring substituents is 1. The van der Waals surface area contributed by atoms with E-state index in [1.165, 1.54) is 24.4 Å². The first-order valence-electron chi connectivity index (χ1n) is 11.8. The molecular weight excluding hydrogens is 592 g/mol. The summed E-state index contributed by atoms with van der Waals surface area (Å²) in [5.74, 6) is 1.95. The molecule has 1 fully saturated rings. The molecule has 0 saturated carbocycles. The number of hydrogen-bond acceptors (Lipinski definition) is 11. The molecule has 14 heteroatoms. The van der Waals surface area contributed by atoms with Gasteiger partial charge >= 0.3 is 0 Å². The molecule has 0 unspecified atom stereocenters. The van der Waals surface area contributed by atoms with Crippen LogP contribution in [0.4, 0.5) is 29.2 Å². The van der Waals surface area contributed by atoms with Crippen molar-refractivity contribution in [2.75, 3.05) is 41.9 Å². The number of hydrogen-bond donors (Lipinski definition) is 2. The number of ether oxygens (including phenoxy) is 1. The van der Waals surface area contributed by atoms with E-state index in [1.807, 2.05) is 30.0 Å². The molecule has 0 aliphatic carbocycles. The number of nitrogens with zero attached hydrogens (tertiary/aromatic N) is 6. The first-order valence-corrected chi connectivity index (χ1v) is 13.0. The highest BCUT2D eigenvalue weighted by atomic mass is 79.9. The van der Waals surface area contributed by atoms with Crippen LogP contribution in [-0.4, -0.2) is 52.4 Å². The Bertz CT molecular complexity index is 1540. The van der Waals surface area contributed by atoms with Gasteiger partial charge in [0.15, 0.2) is 0 Å². The SMILES string of the molecule is Cc1ccc(Nc2nc(N/N=C\c3ccc(-c4ccc([N+](=O)[O-])cc4Cl)o3)nc(N3CCOCC3)n2)c(Br)c1. The lowest BCUT2D eigenvalue weighted by Gasteiger charge is -2.27. The van der Waals surface area contributed by atoms with Crippen molar-refractivity contribution in [2.45, 2.75) is 6.92 Å². The number of nitro groups is 1. The molecule has 0 bridgehead atoms. The Labute approximate surface area is 236 Å². The molecule has 39 heavy (non-hydrogen) atoms. The zero-order chi connectivity index (χ0) is 27.4. The predicted molar refractivity (Wildman–Crippen MR) is 152 cm³/mol. The van der Waals surface area contributed by atoms with Crippen molar-refractivity contribution in [3.05, 3.63) is 79.5 Å². The van der Waals surface area contributed by atoms with Crippen LogP contribution in [0.25, 0.3) is 11.3 Å². The number of halogens is 2. The topological polar surface area (TPSA) is 144 Å². The minimum absolute atomic E-state index is 0.0984. The number of hydrazone groups is 1. The highest BCUT2D eigenvalue weighted by Crippen LogP contribution is 2.32. The summed E-state index contributed by atoms with van der Waals surface area (Å²) in [6, 6.07) is 13.5. The highest BCUT2D eigenvalue weighted by Gasteiger charge is 2.17. The molecule has 3 heterocycles. The maximum absolute atomic E-state index is 11.0. The monoisotopic (exact) mass is 612 g/mol. The normalized spacial score (nSPS) is 13.6. The van der Waals surface area contributed by atoms with Crippen molar-refractivity contribution < 1.29 is 14.1 Å². The lowest BCUT2D eigenvalue weighted by atomic mass is 10.1. The van der Waals surface area contributed by atoms with Crippen LogP contribution >= 0.6 is 27.5 Å². The molecule has 5 rings (SSSR count). The number of rotatable bonds is 8. The van der Waals surface area contributed by atoms with Gasteiger partial charge in [0.1, 0.15) is 11.5 Å². The number of furan rings is 1. The molecule has 0 spiro atoms. The number of aryl methyl sites for hydroxylation is 1. The maximum Gasteiger partial charge on any atom is 0.270 e. The van der Waals surface area contributed by atoms with E-state index in [4.69, 9.17) is 20.8 Å². The fraction of sp³-hybridized carbons (Fsp3) is 0.200. The molecule has 0 radical (unpaired) electrons. The standard InChI is InChI=1S/C25H22BrClN8O4/c1-15-2-6-21(19(26)12-15)29-23-30-24(32-25(31-23)34-8-10-38-11-9-34)33-28-14-17-4-7-22(39-17)18-5-3-16(35(36)37)13-20(18)27/h2-7,12-14H,8-11H2,1H3,(H2,29,30,31,32,33)/b28-14-. The molecule has 200 valence electrons. The summed E-state index contributed by atoms with van der Waals surface area (Å²) < 4.78 is 12.1. The molecule has 1 saturated heterocycles. The molecule has 4 aromatic rings. The quantitative estimate of drug-likeness (QED) is 0.142. The fourth-order valence-corrected chi connectivity index (χ4v) is 4.62. The minimum atomic E-state index is -0.506. The molecule has 1 aliphatic rings. The number of benzene rings is 2. The van der Waals surface area contributed by atoms with Crippen LogP contribution in [0.5, 0.6) is 0 Å². The first-order chi connectivity index (χ1) is 18.9. The van der Waals surface area contributed by atoms with Crippen molar-refractivity contribution in [1.82, 2.24) is 15.0 Å². The molecule has 0 amide bonds. The molecule has 2 aromatic heterocycles. The average Bonchev–Trinajstić information content (AvgIpc) is 3.39. The van der Waals surface area contributed by atoms with Gasteiger partial charge in [-0.05, 0) is 58.7 Å². The van der Waals surface area contributed by atoms with Gasteiger partial charge in [-0.25, -0.2) is 5.43 Å². The molecular formula is C25H22BrClN8O4. The summed E-state index contributed by atoms with van der Waals surface area (Å²) in [7, 11) is 0. The van der Waals surface area contributed by atoms with E-state index in [1.54, 1.807) is 12.1 Å². The zero-order valence-corrected chi connectivity index (χ0v) is 22.9. The Morgan fingerprint density at radius 3 is 2.64 bits per heavy atom. The maximum atomic E-state index is 11.0. The second-order valence-electron chi connectivity index (χ2n) is 8.48. The van der Waals surface area contributed by atoms with Gasteiger partial charge < -0.3 is 19.4 Å². The van der Waals surface area contributed by atoms with Gasteiger partial charge in [0.05, 0.1) is 35.1 Å². The van der Waals surface area contributed by atoms with E-state index in [2.05, 4.69) is 46.7 Å². The Balaban J connectivity index is 1.35. The van der Waals surface area contributed by atoms with Crippen LogP contribution in [0.1, 0.15) is 11.3 Å². The van der Waals surface area contributed by atoms with E-state index in [0.29, 0.717) is 55.3 Å². The molecule has 2 N–H and O–H groups in total. The van der Waals surface area contributed by atoms with Gasteiger partial charge in [0.2, 0.25) is 17.8 Å². The van der Waals surface area contributed by atoms with Crippen LogP contribution in [0.3, 0.4) is 0 Å². The van der Waals surface area contributed by atoms with Gasteiger partial charge in [-0.1, -0.05) is 17.7 Å². The summed E-state index contributed by atoms with van der Waals surface area (Å²) in [5.41, 5.74) is 5.19. The third-order valence-corrected chi connectivity index (χ3v) is 6.67. The Hall–Kier alpha value is -4.07. The van der Waals surface area contributed by atoms with Gasteiger partial charge in [0, 0.05) is 35.3 Å². The largest absolute Gasteiger partial charge is 0.455 e. The molecule has 1 aliphatic heterocycles. The third-order valence-electron chi connectivity index (χ3n) is 5.70. The highest BCUT2D eigenvalue weighted by molar-refractivity contribution is 9.10. The third kappa shape index (κ3) is 6.50. The van der Waals surface area contributed by atoms with Crippen LogP contribution in [0.15, 0.2) is 62.5 Å². The Morgan fingerprint density at radius 1 is 1.10 bits per heavy atom. The number of anilines is 4. The Morgan fingerprint density at radius 2 is 1.90 bits per heavy atom. The van der Waals surface area contributed by atoms with Crippen molar-refractivity contribution in [3.8, 4) is 11.3 Å². The first kappa shape index (κ1) is 26.5. The number of nitrogens with one attached hydrogen (secondary N) is 2. The van der Waals surface area contributed by atoms with Gasteiger partial charge in [-0.2, -0.15) is 20.1 Å². The van der Waals surface area contributed by atoms with Gasteiger partial charge in [-0.3, -0.25) is 10.1 Å². The lowest BCUT2D eigenvalue weighted by molar-refractivity contribution is -0.384.